The Balaban J connectivity index is 1.62. The van der Waals surface area contributed by atoms with Gasteiger partial charge in [-0.3, -0.25) is 19.3 Å². The number of fused-ring (bicyclic) bond motifs is 1. The highest BCUT2D eigenvalue weighted by Gasteiger charge is 2.60. The van der Waals surface area contributed by atoms with Crippen LogP contribution in [0.3, 0.4) is 0 Å². The fourth-order valence-electron chi connectivity index (χ4n) is 4.88. The van der Waals surface area contributed by atoms with E-state index in [2.05, 4.69) is 20.8 Å². The predicted octanol–water partition coefficient (Wildman–Crippen LogP) is 3.38. The first-order valence-electron chi connectivity index (χ1n) is 13.1. The van der Waals surface area contributed by atoms with E-state index in [0.717, 1.165) is 10.5 Å². The van der Waals surface area contributed by atoms with Crippen LogP contribution in [-0.2, 0) is 25.4 Å². The fraction of sp³-hybridized carbons (Fsp3) is 0.448. The lowest BCUT2D eigenvalue weighted by molar-refractivity contribution is -0.179. The quantitative estimate of drug-likeness (QED) is 0.220. The molecule has 3 unspecified atom stereocenters. The zero-order chi connectivity index (χ0) is 28.7. The molecule has 2 aromatic carbocycles. The minimum absolute atomic E-state index is 0.00333. The van der Waals surface area contributed by atoms with E-state index in [0.29, 0.717) is 0 Å². The molecule has 3 amide bonds. The Morgan fingerprint density at radius 1 is 0.974 bits per heavy atom. The summed E-state index contributed by atoms with van der Waals surface area (Å²) in [4.78, 5) is 55.5. The number of β-lactam (4-membered cyclic amide) rings is 1. The molecule has 1 fully saturated rings. The van der Waals surface area contributed by atoms with Crippen molar-refractivity contribution in [3.63, 3.8) is 0 Å². The van der Waals surface area contributed by atoms with Crippen LogP contribution in [0, 0.1) is 0 Å². The van der Waals surface area contributed by atoms with Crippen LogP contribution in [0.4, 0.5) is 0 Å². The maximum absolute atomic E-state index is 13.7. The lowest BCUT2D eigenvalue weighted by atomic mass is 9.90. The Kier molecular flexibility index (Phi) is 7.84. The van der Waals surface area contributed by atoms with E-state index in [4.69, 9.17) is 9.16 Å². The first kappa shape index (κ1) is 28.7. The van der Waals surface area contributed by atoms with E-state index in [1.807, 2.05) is 43.4 Å². The standard InChI is InChI=1S/C29H36N2O7Si/c1-18(38-39(5,6)29(2,3)4)23(28(36)37-17-19-12-8-7-9-13-19)30-22(16-32)24(27(30)35)31-25(33)20-14-10-11-15-21(20)26(31)34/h7-15,18,22-24,32H,16-17H2,1-6H3/t18-,22?,23?,24?/m1/s1. The Morgan fingerprint density at radius 2 is 1.51 bits per heavy atom. The molecule has 9 nitrogen and oxygen atoms in total. The second kappa shape index (κ2) is 10.7. The highest BCUT2D eigenvalue weighted by molar-refractivity contribution is 6.74. The van der Waals surface area contributed by atoms with Crippen molar-refractivity contribution in [2.24, 2.45) is 0 Å². The Labute approximate surface area is 229 Å². The number of rotatable bonds is 9. The number of ether oxygens (including phenoxy) is 1. The molecule has 0 bridgehead atoms. The van der Waals surface area contributed by atoms with Gasteiger partial charge in [-0.15, -0.1) is 0 Å². The third-order valence-corrected chi connectivity index (χ3v) is 12.6. The molecule has 0 radical (unpaired) electrons. The number of carbonyl (C=O) groups is 4. The molecule has 2 heterocycles. The lowest BCUT2D eigenvalue weighted by Crippen LogP contribution is -2.77. The Bertz CT molecular complexity index is 1240. The Hall–Kier alpha value is -3.34. The number of imide groups is 1. The summed E-state index contributed by atoms with van der Waals surface area (Å²) in [6, 6.07) is 12.1. The molecule has 0 aliphatic carbocycles. The molecule has 0 saturated carbocycles. The summed E-state index contributed by atoms with van der Waals surface area (Å²) in [5.74, 6) is -2.49. The Morgan fingerprint density at radius 3 is 2.03 bits per heavy atom. The van der Waals surface area contributed by atoms with Gasteiger partial charge in [0.1, 0.15) is 12.6 Å². The van der Waals surface area contributed by atoms with Gasteiger partial charge in [-0.1, -0.05) is 63.2 Å². The molecule has 2 aliphatic heterocycles. The van der Waals surface area contributed by atoms with Crippen molar-refractivity contribution in [2.45, 2.75) is 76.7 Å². The summed E-state index contributed by atoms with van der Waals surface area (Å²) in [6.45, 7) is 11.4. The van der Waals surface area contributed by atoms with Crippen LogP contribution in [0.1, 0.15) is 54.0 Å². The van der Waals surface area contributed by atoms with Crippen LogP contribution in [0.2, 0.25) is 18.1 Å². The predicted molar refractivity (Wildman–Crippen MR) is 146 cm³/mol. The molecule has 39 heavy (non-hydrogen) atoms. The molecule has 4 rings (SSSR count). The van der Waals surface area contributed by atoms with Gasteiger partial charge >= 0.3 is 5.97 Å². The minimum atomic E-state index is -2.39. The number of nitrogens with zero attached hydrogens (tertiary/aromatic N) is 2. The van der Waals surface area contributed by atoms with Gasteiger partial charge in [0.15, 0.2) is 14.4 Å². The molecule has 4 atom stereocenters. The molecule has 1 saturated heterocycles. The summed E-state index contributed by atoms with van der Waals surface area (Å²) in [5, 5.41) is 10.2. The SMILES string of the molecule is C[C@@H](O[Si](C)(C)C(C)(C)C)C(C(=O)OCc1ccccc1)N1C(=O)C(N2C(=O)c3ccccc3C2=O)C1CO. The van der Waals surface area contributed by atoms with Gasteiger partial charge in [-0.05, 0) is 42.8 Å². The van der Waals surface area contributed by atoms with Crippen molar-refractivity contribution in [3.05, 3.63) is 71.3 Å². The molecule has 208 valence electrons. The maximum Gasteiger partial charge on any atom is 0.331 e. The van der Waals surface area contributed by atoms with Crippen molar-refractivity contribution < 1.29 is 33.4 Å². The topological polar surface area (TPSA) is 113 Å². The van der Waals surface area contributed by atoms with Crippen LogP contribution in [0.25, 0.3) is 0 Å². The molecular formula is C29H36N2O7Si. The normalized spacial score (nSPS) is 20.9. The van der Waals surface area contributed by atoms with Gasteiger partial charge in [0.05, 0.1) is 29.9 Å². The summed E-state index contributed by atoms with van der Waals surface area (Å²) >= 11 is 0. The first-order valence-corrected chi connectivity index (χ1v) is 16.0. The van der Waals surface area contributed by atoms with E-state index in [1.165, 1.54) is 17.0 Å². The van der Waals surface area contributed by atoms with Gasteiger partial charge in [-0.2, -0.15) is 0 Å². The highest BCUT2D eigenvalue weighted by atomic mass is 28.4. The van der Waals surface area contributed by atoms with Gasteiger partial charge in [0.25, 0.3) is 11.8 Å². The molecule has 2 aromatic rings. The summed E-state index contributed by atoms with van der Waals surface area (Å²) < 4.78 is 12.1. The maximum atomic E-state index is 13.7. The average molecular weight is 553 g/mol. The minimum Gasteiger partial charge on any atom is -0.459 e. The van der Waals surface area contributed by atoms with Crippen molar-refractivity contribution in [1.82, 2.24) is 9.80 Å². The number of likely N-dealkylation sites (tertiary alicyclic amines) is 1. The van der Waals surface area contributed by atoms with Gasteiger partial charge in [0, 0.05) is 0 Å². The van der Waals surface area contributed by atoms with E-state index >= 15 is 0 Å². The van der Waals surface area contributed by atoms with Crippen LogP contribution in [0.5, 0.6) is 0 Å². The summed E-state index contributed by atoms with van der Waals surface area (Å²) in [7, 11) is -2.39. The van der Waals surface area contributed by atoms with Crippen LogP contribution < -0.4 is 0 Å². The summed E-state index contributed by atoms with van der Waals surface area (Å²) in [6.07, 6.45) is -0.768. The van der Waals surface area contributed by atoms with Crippen molar-refractivity contribution in [2.75, 3.05) is 6.61 Å². The van der Waals surface area contributed by atoms with Gasteiger partial charge in [0.2, 0.25) is 5.91 Å². The third kappa shape index (κ3) is 5.16. The number of amides is 3. The second-order valence-corrected chi connectivity index (χ2v) is 16.3. The molecule has 1 N–H and O–H groups in total. The zero-order valence-corrected chi connectivity index (χ0v) is 24.2. The van der Waals surface area contributed by atoms with E-state index < -0.39 is 62.8 Å². The van der Waals surface area contributed by atoms with E-state index in [1.54, 1.807) is 19.1 Å². The summed E-state index contributed by atoms with van der Waals surface area (Å²) in [5.41, 5.74) is 1.19. The van der Waals surface area contributed by atoms with E-state index in [9.17, 15) is 24.3 Å². The number of hydrogen-bond donors (Lipinski definition) is 1. The van der Waals surface area contributed by atoms with Crippen LogP contribution in [-0.4, -0.2) is 77.8 Å². The zero-order valence-electron chi connectivity index (χ0n) is 23.2. The average Bonchev–Trinajstić information content (AvgIpc) is 3.13. The monoisotopic (exact) mass is 552 g/mol. The van der Waals surface area contributed by atoms with Crippen molar-refractivity contribution in [1.29, 1.82) is 0 Å². The second-order valence-electron chi connectivity index (χ2n) is 11.6. The molecule has 10 heteroatoms. The number of benzene rings is 2. The van der Waals surface area contributed by atoms with Gasteiger partial charge < -0.3 is 19.2 Å². The molecule has 0 aromatic heterocycles. The number of esters is 1. The first-order chi connectivity index (χ1) is 18.3. The smallest absolute Gasteiger partial charge is 0.331 e. The van der Waals surface area contributed by atoms with Crippen LogP contribution >= 0.6 is 0 Å². The molecule has 0 spiro atoms. The number of aliphatic hydroxyl groups is 1. The van der Waals surface area contributed by atoms with Gasteiger partial charge in [-0.25, -0.2) is 4.79 Å². The van der Waals surface area contributed by atoms with Crippen molar-refractivity contribution in [3.8, 4) is 0 Å². The highest BCUT2D eigenvalue weighted by Crippen LogP contribution is 2.40. The third-order valence-electron chi connectivity index (χ3n) is 8.02. The van der Waals surface area contributed by atoms with Crippen molar-refractivity contribution >= 4 is 32.0 Å². The largest absolute Gasteiger partial charge is 0.459 e. The number of carbonyl (C=O) groups excluding carboxylic acids is 4. The van der Waals surface area contributed by atoms with Crippen LogP contribution in [0.15, 0.2) is 54.6 Å². The number of aliphatic hydroxyl groups excluding tert-OH is 1. The molecular weight excluding hydrogens is 516 g/mol. The molecule has 2 aliphatic rings. The van der Waals surface area contributed by atoms with E-state index in [-0.39, 0.29) is 22.8 Å². The number of hydrogen-bond acceptors (Lipinski definition) is 7. The fourth-order valence-corrected chi connectivity index (χ4v) is 6.29. The lowest BCUT2D eigenvalue weighted by Gasteiger charge is -2.53.